The predicted molar refractivity (Wildman–Crippen MR) is 155 cm³/mol. The summed E-state index contributed by atoms with van der Waals surface area (Å²) in [6, 6.07) is 42.1. The summed E-state index contributed by atoms with van der Waals surface area (Å²) < 4.78 is 2.32. The van der Waals surface area contributed by atoms with Crippen molar-refractivity contribution in [1.82, 2.24) is 4.57 Å². The average Bonchev–Trinajstić information content (AvgIpc) is 3.22. The maximum atomic E-state index is 6.21. The molecule has 1 nitrogen and oxygen atoms in total. The van der Waals surface area contributed by atoms with Gasteiger partial charge < -0.3 is 4.57 Å². The molecule has 0 bridgehead atoms. The number of unbranched alkanes of at least 4 members (excludes halogenated alkanes) is 2. The molecular weight excluding hydrogens is 465 g/mol. The zero-order valence-electron chi connectivity index (χ0n) is 20.3. The molecule has 4 aromatic carbocycles. The topological polar surface area (TPSA) is 4.93 Å². The van der Waals surface area contributed by atoms with Gasteiger partial charge in [0.25, 0.3) is 0 Å². The average molecular weight is 497 g/mol. The summed E-state index contributed by atoms with van der Waals surface area (Å²) in [6.45, 7) is 0. The normalized spacial score (nSPS) is 11.7. The van der Waals surface area contributed by atoms with E-state index in [0.717, 1.165) is 11.4 Å². The monoisotopic (exact) mass is 496 g/mol. The van der Waals surface area contributed by atoms with Gasteiger partial charge in [-0.05, 0) is 86.3 Å². The number of fused-ring (bicyclic) bond motifs is 1. The summed E-state index contributed by atoms with van der Waals surface area (Å²) in [5.74, 6) is 0. The number of aromatic nitrogens is 1. The summed E-state index contributed by atoms with van der Waals surface area (Å²) in [5, 5.41) is 6.46. The molecule has 0 radical (unpaired) electrons. The Morgan fingerprint density at radius 2 is 1.17 bits per heavy atom. The minimum Gasteiger partial charge on any atom is -0.348 e. The van der Waals surface area contributed by atoms with Gasteiger partial charge in [0.2, 0.25) is 0 Å². The van der Waals surface area contributed by atoms with Crippen molar-refractivity contribution < 1.29 is 0 Å². The van der Waals surface area contributed by atoms with Crippen LogP contribution in [0.25, 0.3) is 10.9 Å². The first-order valence-electron chi connectivity index (χ1n) is 12.5. The number of nitrogens with zero attached hydrogens (tertiary/aromatic N) is 1. The van der Waals surface area contributed by atoms with Crippen LogP contribution >= 0.6 is 18.9 Å². The van der Waals surface area contributed by atoms with Crippen molar-refractivity contribution in [2.45, 2.75) is 25.7 Å². The van der Waals surface area contributed by atoms with Crippen molar-refractivity contribution in [3.05, 3.63) is 126 Å². The van der Waals surface area contributed by atoms with E-state index in [1.54, 1.807) is 0 Å². The molecule has 0 aliphatic carbocycles. The highest BCUT2D eigenvalue weighted by molar-refractivity contribution is 7.95. The van der Waals surface area contributed by atoms with Gasteiger partial charge in [0.15, 0.2) is 0 Å². The lowest BCUT2D eigenvalue weighted by atomic mass is 10.1. The molecule has 0 amide bonds. The van der Waals surface area contributed by atoms with Crippen LogP contribution < -0.4 is 15.9 Å². The van der Waals surface area contributed by atoms with Gasteiger partial charge in [0.1, 0.15) is 23.2 Å². The Hall–Kier alpha value is -2.86. The molecule has 0 aliphatic rings. The molecular formula is C32H32ClNP+. The van der Waals surface area contributed by atoms with Crippen LogP contribution in [0.2, 0.25) is 5.02 Å². The first kappa shape index (κ1) is 23.9. The molecule has 5 rings (SSSR count). The third kappa shape index (κ3) is 4.94. The molecule has 0 N–H and O–H groups in total. The van der Waals surface area contributed by atoms with Crippen LogP contribution in [0.1, 0.15) is 25.0 Å². The van der Waals surface area contributed by atoms with Gasteiger partial charge in [-0.25, -0.2) is 0 Å². The second-order valence-corrected chi connectivity index (χ2v) is 13.3. The summed E-state index contributed by atoms with van der Waals surface area (Å²) in [6.07, 6.45) is 5.90. The molecule has 3 heteroatoms. The van der Waals surface area contributed by atoms with E-state index in [1.165, 1.54) is 57.9 Å². The Morgan fingerprint density at radius 1 is 0.629 bits per heavy atom. The van der Waals surface area contributed by atoms with Crippen molar-refractivity contribution in [3.8, 4) is 0 Å². The number of hydrogen-bond donors (Lipinski definition) is 0. The largest absolute Gasteiger partial charge is 0.348 e. The fourth-order valence-electron chi connectivity index (χ4n) is 5.33. The van der Waals surface area contributed by atoms with E-state index >= 15 is 0 Å². The van der Waals surface area contributed by atoms with Crippen LogP contribution in [0.15, 0.2) is 115 Å². The maximum absolute atomic E-state index is 6.21. The predicted octanol–water partition coefficient (Wildman–Crippen LogP) is 7.54. The second kappa shape index (κ2) is 10.8. The molecule has 0 fully saturated rings. The first-order chi connectivity index (χ1) is 17.2. The second-order valence-electron chi connectivity index (χ2n) is 9.25. The zero-order valence-corrected chi connectivity index (χ0v) is 21.9. The minimum absolute atomic E-state index is 0.803. The molecule has 1 heterocycles. The van der Waals surface area contributed by atoms with Crippen molar-refractivity contribution in [2.75, 3.05) is 6.16 Å². The van der Waals surface area contributed by atoms with Gasteiger partial charge in [-0.3, -0.25) is 0 Å². The summed E-state index contributed by atoms with van der Waals surface area (Å²) in [5.41, 5.74) is 2.64. The van der Waals surface area contributed by atoms with Crippen molar-refractivity contribution in [3.63, 3.8) is 0 Å². The lowest BCUT2D eigenvalue weighted by Gasteiger charge is -2.27. The quantitative estimate of drug-likeness (QED) is 0.147. The van der Waals surface area contributed by atoms with Crippen LogP contribution in [0.5, 0.6) is 0 Å². The molecule has 5 aromatic rings. The SMILES string of the molecule is Cn1c(CCCCC[P+](c2ccccc2)(c2ccccc2)c2ccccc2)cc2cc(Cl)ccc21. The van der Waals surface area contributed by atoms with Gasteiger partial charge in [0, 0.05) is 28.7 Å². The van der Waals surface area contributed by atoms with E-state index in [0.29, 0.717) is 0 Å². The van der Waals surface area contributed by atoms with Gasteiger partial charge >= 0.3 is 0 Å². The van der Waals surface area contributed by atoms with E-state index in [2.05, 4.69) is 121 Å². The van der Waals surface area contributed by atoms with E-state index in [4.69, 9.17) is 11.6 Å². The van der Waals surface area contributed by atoms with Crippen LogP contribution in [-0.2, 0) is 13.5 Å². The Kier molecular flexibility index (Phi) is 7.37. The van der Waals surface area contributed by atoms with Crippen LogP contribution in [-0.4, -0.2) is 10.7 Å². The number of hydrogen-bond acceptors (Lipinski definition) is 0. The molecule has 0 spiro atoms. The smallest absolute Gasteiger partial charge is 0.112 e. The fourth-order valence-corrected chi connectivity index (χ4v) is 9.92. The van der Waals surface area contributed by atoms with Crippen molar-refractivity contribution in [2.24, 2.45) is 7.05 Å². The highest BCUT2D eigenvalue weighted by Gasteiger charge is 2.44. The first-order valence-corrected chi connectivity index (χ1v) is 14.8. The zero-order chi connectivity index (χ0) is 24.1. The van der Waals surface area contributed by atoms with Crippen LogP contribution in [0.4, 0.5) is 0 Å². The fraction of sp³-hybridized carbons (Fsp3) is 0.188. The third-order valence-corrected chi connectivity index (χ3v) is 11.9. The summed E-state index contributed by atoms with van der Waals surface area (Å²) in [7, 11) is 0.445. The van der Waals surface area contributed by atoms with E-state index in [9.17, 15) is 0 Å². The van der Waals surface area contributed by atoms with Crippen LogP contribution in [0.3, 0.4) is 0 Å². The third-order valence-electron chi connectivity index (χ3n) is 7.12. The lowest BCUT2D eigenvalue weighted by molar-refractivity contribution is 0.692. The summed E-state index contributed by atoms with van der Waals surface area (Å²) in [4.78, 5) is 0. The Labute approximate surface area is 214 Å². The molecule has 176 valence electrons. The minimum atomic E-state index is -1.72. The molecule has 0 saturated heterocycles. The van der Waals surface area contributed by atoms with Crippen LogP contribution in [0, 0.1) is 0 Å². The molecule has 0 saturated carbocycles. The van der Waals surface area contributed by atoms with Gasteiger partial charge in [-0.2, -0.15) is 0 Å². The van der Waals surface area contributed by atoms with E-state index in [-0.39, 0.29) is 0 Å². The highest BCUT2D eigenvalue weighted by atomic mass is 35.5. The maximum Gasteiger partial charge on any atom is 0.112 e. The van der Waals surface area contributed by atoms with Gasteiger partial charge in [0.05, 0.1) is 6.16 Å². The van der Waals surface area contributed by atoms with Crippen molar-refractivity contribution in [1.29, 1.82) is 0 Å². The molecule has 0 atom stereocenters. The van der Waals surface area contributed by atoms with Gasteiger partial charge in [-0.1, -0.05) is 66.2 Å². The number of rotatable bonds is 9. The number of halogens is 1. The molecule has 0 unspecified atom stereocenters. The molecule has 35 heavy (non-hydrogen) atoms. The Bertz CT molecular complexity index is 1280. The lowest BCUT2D eigenvalue weighted by Crippen LogP contribution is -2.33. The highest BCUT2D eigenvalue weighted by Crippen LogP contribution is 2.56. The van der Waals surface area contributed by atoms with Crippen molar-refractivity contribution >= 4 is 45.7 Å². The number of benzene rings is 4. The van der Waals surface area contributed by atoms with E-state index < -0.39 is 7.26 Å². The molecule has 0 aliphatic heterocycles. The van der Waals surface area contributed by atoms with Gasteiger partial charge in [-0.15, -0.1) is 0 Å². The molecule has 1 aromatic heterocycles. The Balaban J connectivity index is 1.38. The standard InChI is InChI=1S/C32H32ClNP/c1-34-28(25-26-24-27(33)21-22-32(26)34)14-6-5-13-23-35(29-15-7-2-8-16-29,30-17-9-3-10-18-30)31-19-11-4-12-20-31/h2-4,7-12,15-22,24-25H,5-6,13-14,23H2,1H3/q+1. The summed E-state index contributed by atoms with van der Waals surface area (Å²) >= 11 is 6.21. The number of aryl methyl sites for hydroxylation is 2. The Morgan fingerprint density at radius 3 is 1.71 bits per heavy atom. The van der Waals surface area contributed by atoms with E-state index in [1.807, 2.05) is 6.07 Å².